The number of nitrogens with zero attached hydrogens (tertiary/aromatic N) is 1. The summed E-state index contributed by atoms with van der Waals surface area (Å²) >= 11 is 0. The minimum Gasteiger partial charge on any atom is -0.326 e. The van der Waals surface area contributed by atoms with Crippen LogP contribution in [0.15, 0.2) is 35.1 Å². The summed E-state index contributed by atoms with van der Waals surface area (Å²) in [4.78, 5) is 12.8. The molecule has 3 heteroatoms. The molecule has 2 N–H and O–H groups in total. The van der Waals surface area contributed by atoms with Crippen LogP contribution in [0.2, 0.25) is 0 Å². The van der Waals surface area contributed by atoms with Gasteiger partial charge in [-0.2, -0.15) is 0 Å². The first-order valence-corrected chi connectivity index (χ1v) is 8.30. The van der Waals surface area contributed by atoms with Gasteiger partial charge >= 0.3 is 0 Å². The SMILES string of the molecule is CCc1ccc(-n2c3c(cc(CN)c2=O)CCCCC3)cc1. The zero-order valence-electron chi connectivity index (χ0n) is 13.3. The van der Waals surface area contributed by atoms with Crippen LogP contribution in [0.3, 0.4) is 0 Å². The predicted molar refractivity (Wildman–Crippen MR) is 90.6 cm³/mol. The Morgan fingerprint density at radius 3 is 2.50 bits per heavy atom. The lowest BCUT2D eigenvalue weighted by atomic mass is 10.0. The van der Waals surface area contributed by atoms with Crippen molar-refractivity contribution in [2.75, 3.05) is 0 Å². The van der Waals surface area contributed by atoms with Crippen LogP contribution in [0.4, 0.5) is 0 Å². The number of benzene rings is 1. The lowest BCUT2D eigenvalue weighted by Crippen LogP contribution is -2.28. The quantitative estimate of drug-likeness (QED) is 0.885. The number of aromatic nitrogens is 1. The smallest absolute Gasteiger partial charge is 0.259 e. The maximum atomic E-state index is 12.8. The molecule has 1 heterocycles. The molecule has 1 aliphatic carbocycles. The van der Waals surface area contributed by atoms with Gasteiger partial charge in [0.05, 0.1) is 0 Å². The lowest BCUT2D eigenvalue weighted by molar-refractivity contribution is 0.702. The molecule has 0 saturated heterocycles. The van der Waals surface area contributed by atoms with Crippen LogP contribution in [-0.2, 0) is 25.8 Å². The Hall–Kier alpha value is -1.87. The van der Waals surface area contributed by atoms with E-state index in [4.69, 9.17) is 5.73 Å². The Balaban J connectivity index is 2.21. The topological polar surface area (TPSA) is 48.0 Å². The molecule has 2 aromatic rings. The van der Waals surface area contributed by atoms with Crippen LogP contribution in [0.1, 0.15) is 48.6 Å². The first-order valence-electron chi connectivity index (χ1n) is 8.30. The van der Waals surface area contributed by atoms with Gasteiger partial charge < -0.3 is 5.73 Å². The van der Waals surface area contributed by atoms with Gasteiger partial charge in [0.25, 0.3) is 5.56 Å². The molecule has 1 aromatic carbocycles. The first-order chi connectivity index (χ1) is 10.7. The third-order valence-corrected chi connectivity index (χ3v) is 4.65. The molecule has 0 bridgehead atoms. The van der Waals surface area contributed by atoms with Crippen molar-refractivity contribution >= 4 is 0 Å². The zero-order chi connectivity index (χ0) is 15.5. The number of hydrogen-bond acceptors (Lipinski definition) is 2. The Labute approximate surface area is 131 Å². The van der Waals surface area contributed by atoms with Gasteiger partial charge in [-0.1, -0.05) is 25.5 Å². The van der Waals surface area contributed by atoms with E-state index in [9.17, 15) is 4.79 Å². The van der Waals surface area contributed by atoms with Crippen molar-refractivity contribution in [1.82, 2.24) is 4.57 Å². The highest BCUT2D eigenvalue weighted by molar-refractivity contribution is 5.41. The molecule has 0 aliphatic heterocycles. The Morgan fingerprint density at radius 2 is 1.82 bits per heavy atom. The summed E-state index contributed by atoms with van der Waals surface area (Å²) in [6, 6.07) is 10.4. The van der Waals surface area contributed by atoms with E-state index < -0.39 is 0 Å². The fraction of sp³-hybridized carbons (Fsp3) is 0.421. The molecular weight excluding hydrogens is 272 g/mol. The van der Waals surface area contributed by atoms with E-state index in [-0.39, 0.29) is 5.56 Å². The van der Waals surface area contributed by atoms with Crippen molar-refractivity contribution in [3.8, 4) is 5.69 Å². The van der Waals surface area contributed by atoms with E-state index in [0.29, 0.717) is 6.54 Å². The summed E-state index contributed by atoms with van der Waals surface area (Å²) < 4.78 is 1.91. The third kappa shape index (κ3) is 2.73. The lowest BCUT2D eigenvalue weighted by Gasteiger charge is -2.17. The summed E-state index contributed by atoms with van der Waals surface area (Å²) in [5, 5.41) is 0. The molecule has 1 aromatic heterocycles. The largest absolute Gasteiger partial charge is 0.326 e. The molecule has 1 aliphatic rings. The second kappa shape index (κ2) is 6.49. The zero-order valence-corrected chi connectivity index (χ0v) is 13.3. The standard InChI is InChI=1S/C19H24N2O/c1-2-14-8-10-17(11-9-14)21-18-7-5-3-4-6-15(18)12-16(13-20)19(21)22/h8-12H,2-7,13,20H2,1H3. The van der Waals surface area contributed by atoms with Gasteiger partial charge in [0, 0.05) is 23.5 Å². The fourth-order valence-corrected chi connectivity index (χ4v) is 3.34. The van der Waals surface area contributed by atoms with Crippen LogP contribution in [0.5, 0.6) is 0 Å². The molecule has 0 unspecified atom stereocenters. The van der Waals surface area contributed by atoms with Gasteiger partial charge in [-0.3, -0.25) is 9.36 Å². The monoisotopic (exact) mass is 296 g/mol. The molecule has 116 valence electrons. The van der Waals surface area contributed by atoms with Gasteiger partial charge in [-0.05, 0) is 61.4 Å². The fourth-order valence-electron chi connectivity index (χ4n) is 3.34. The van der Waals surface area contributed by atoms with Gasteiger partial charge in [0.15, 0.2) is 0 Å². The van der Waals surface area contributed by atoms with Crippen LogP contribution in [0.25, 0.3) is 5.69 Å². The van der Waals surface area contributed by atoms with Crippen molar-refractivity contribution in [3.05, 3.63) is 63.1 Å². The third-order valence-electron chi connectivity index (χ3n) is 4.65. The van der Waals surface area contributed by atoms with Gasteiger partial charge in [0.2, 0.25) is 0 Å². The molecule has 0 radical (unpaired) electrons. The maximum Gasteiger partial charge on any atom is 0.259 e. The van der Waals surface area contributed by atoms with E-state index in [1.165, 1.54) is 29.7 Å². The van der Waals surface area contributed by atoms with E-state index in [2.05, 4.69) is 31.2 Å². The van der Waals surface area contributed by atoms with E-state index in [1.54, 1.807) is 0 Å². The van der Waals surface area contributed by atoms with Crippen LogP contribution in [-0.4, -0.2) is 4.57 Å². The molecule has 22 heavy (non-hydrogen) atoms. The van der Waals surface area contributed by atoms with E-state index in [0.717, 1.165) is 36.9 Å². The summed E-state index contributed by atoms with van der Waals surface area (Å²) in [6.07, 6.45) is 6.62. The van der Waals surface area contributed by atoms with Gasteiger partial charge in [-0.15, -0.1) is 0 Å². The minimum absolute atomic E-state index is 0.0485. The molecule has 3 nitrogen and oxygen atoms in total. The summed E-state index contributed by atoms with van der Waals surface area (Å²) in [7, 11) is 0. The van der Waals surface area contributed by atoms with E-state index >= 15 is 0 Å². The predicted octanol–water partition coefficient (Wildman–Crippen LogP) is 3.13. The van der Waals surface area contributed by atoms with Gasteiger partial charge in [0.1, 0.15) is 0 Å². The second-order valence-corrected chi connectivity index (χ2v) is 6.07. The van der Waals surface area contributed by atoms with Crippen molar-refractivity contribution in [3.63, 3.8) is 0 Å². The molecule has 0 amide bonds. The number of aryl methyl sites for hydroxylation is 2. The summed E-state index contributed by atoms with van der Waals surface area (Å²) in [6.45, 7) is 2.45. The van der Waals surface area contributed by atoms with Crippen molar-refractivity contribution in [1.29, 1.82) is 0 Å². The molecule has 0 spiro atoms. The number of hydrogen-bond donors (Lipinski definition) is 1. The summed E-state index contributed by atoms with van der Waals surface area (Å²) in [5.74, 6) is 0. The van der Waals surface area contributed by atoms with Crippen molar-refractivity contribution in [2.45, 2.75) is 52.0 Å². The van der Waals surface area contributed by atoms with Crippen molar-refractivity contribution < 1.29 is 0 Å². The van der Waals surface area contributed by atoms with Gasteiger partial charge in [-0.25, -0.2) is 0 Å². The molecule has 3 rings (SSSR count). The average Bonchev–Trinajstić information content (AvgIpc) is 2.79. The number of rotatable bonds is 3. The first kappa shape index (κ1) is 15.0. The van der Waals surface area contributed by atoms with Crippen molar-refractivity contribution in [2.24, 2.45) is 5.73 Å². The molecule has 0 atom stereocenters. The normalized spacial score (nSPS) is 14.5. The molecular formula is C19H24N2O. The molecule has 0 fully saturated rings. The van der Waals surface area contributed by atoms with Crippen LogP contribution < -0.4 is 11.3 Å². The van der Waals surface area contributed by atoms with E-state index in [1.807, 2.05) is 10.6 Å². The van der Waals surface area contributed by atoms with Crippen LogP contribution in [0, 0.1) is 0 Å². The Kier molecular flexibility index (Phi) is 4.44. The maximum absolute atomic E-state index is 12.8. The number of fused-ring (bicyclic) bond motifs is 1. The summed E-state index contributed by atoms with van der Waals surface area (Å²) in [5.41, 5.74) is 11.3. The number of pyridine rings is 1. The van der Waals surface area contributed by atoms with Crippen LogP contribution >= 0.6 is 0 Å². The highest BCUT2D eigenvalue weighted by Crippen LogP contribution is 2.23. The molecule has 0 saturated carbocycles. The highest BCUT2D eigenvalue weighted by Gasteiger charge is 2.17. The Morgan fingerprint density at radius 1 is 1.09 bits per heavy atom. The number of nitrogens with two attached hydrogens (primary N) is 1. The second-order valence-electron chi connectivity index (χ2n) is 6.07. The Bertz CT molecular complexity index is 713. The highest BCUT2D eigenvalue weighted by atomic mass is 16.1. The minimum atomic E-state index is 0.0485. The average molecular weight is 296 g/mol.